The van der Waals surface area contributed by atoms with Crippen molar-refractivity contribution in [1.29, 1.82) is 0 Å². The molecule has 0 aliphatic carbocycles. The highest BCUT2D eigenvalue weighted by molar-refractivity contribution is 7.47. The van der Waals surface area contributed by atoms with Crippen LogP contribution in [0.15, 0.2) is 0 Å². The Hall–Kier alpha value is -1.94. The zero-order valence-corrected chi connectivity index (χ0v) is 57.7. The molecule has 510 valence electrons. The minimum atomic E-state index is -4.95. The first-order valence-corrected chi connectivity index (χ1v) is 37.8. The van der Waals surface area contributed by atoms with Crippen LogP contribution in [0.5, 0.6) is 0 Å². The van der Waals surface area contributed by atoms with Gasteiger partial charge >= 0.3 is 39.5 Å². The van der Waals surface area contributed by atoms with Crippen molar-refractivity contribution >= 4 is 39.5 Å². The molecule has 17 nitrogen and oxygen atoms in total. The molecule has 0 aliphatic heterocycles. The summed E-state index contributed by atoms with van der Waals surface area (Å²) in [6.45, 7) is 14.0. The molecule has 0 saturated heterocycles. The predicted octanol–water partition coefficient (Wildman–Crippen LogP) is 18.5. The van der Waals surface area contributed by atoms with E-state index in [1.807, 2.05) is 0 Å². The van der Waals surface area contributed by atoms with E-state index in [9.17, 15) is 43.2 Å². The number of carbonyl (C=O) groups is 4. The van der Waals surface area contributed by atoms with Crippen LogP contribution in [0.25, 0.3) is 0 Å². The van der Waals surface area contributed by atoms with E-state index in [4.69, 9.17) is 37.0 Å². The molecule has 3 N–H and O–H groups in total. The van der Waals surface area contributed by atoms with Gasteiger partial charge in [-0.1, -0.05) is 274 Å². The molecule has 0 aromatic heterocycles. The minimum absolute atomic E-state index is 0.101. The van der Waals surface area contributed by atoms with E-state index in [0.29, 0.717) is 31.6 Å². The van der Waals surface area contributed by atoms with Gasteiger partial charge in [-0.2, -0.15) is 0 Å². The summed E-state index contributed by atoms with van der Waals surface area (Å²) < 4.78 is 68.1. The molecule has 0 saturated carbocycles. The summed E-state index contributed by atoms with van der Waals surface area (Å²) in [5.74, 6) is 0.786. The van der Waals surface area contributed by atoms with E-state index < -0.39 is 97.5 Å². The van der Waals surface area contributed by atoms with Gasteiger partial charge in [-0.3, -0.25) is 37.3 Å². The average molecular weight is 1270 g/mol. The molecule has 0 fully saturated rings. The van der Waals surface area contributed by atoms with E-state index in [1.165, 1.54) is 116 Å². The molecule has 86 heavy (non-hydrogen) atoms. The fourth-order valence-corrected chi connectivity index (χ4v) is 11.5. The van der Waals surface area contributed by atoms with E-state index in [0.717, 1.165) is 120 Å². The summed E-state index contributed by atoms with van der Waals surface area (Å²) in [7, 11) is -9.89. The minimum Gasteiger partial charge on any atom is -0.462 e. The first kappa shape index (κ1) is 84.1. The Balaban J connectivity index is 5.22. The van der Waals surface area contributed by atoms with Crippen molar-refractivity contribution < 1.29 is 80.2 Å². The monoisotopic (exact) mass is 1270 g/mol. The van der Waals surface area contributed by atoms with Gasteiger partial charge in [0.2, 0.25) is 0 Å². The van der Waals surface area contributed by atoms with E-state index in [-0.39, 0.29) is 25.7 Å². The molecule has 0 rings (SSSR count). The number of unbranched alkanes of at least 4 members (excludes halogenated alkanes) is 28. The van der Waals surface area contributed by atoms with Gasteiger partial charge in [0.15, 0.2) is 12.2 Å². The number of hydrogen-bond donors (Lipinski definition) is 3. The second-order valence-corrected chi connectivity index (χ2v) is 28.6. The Morgan fingerprint density at radius 2 is 0.558 bits per heavy atom. The van der Waals surface area contributed by atoms with Crippen molar-refractivity contribution in [3.63, 3.8) is 0 Å². The van der Waals surface area contributed by atoms with Crippen molar-refractivity contribution in [3.05, 3.63) is 0 Å². The molecule has 0 radical (unpaired) electrons. The predicted molar refractivity (Wildman–Crippen MR) is 344 cm³/mol. The van der Waals surface area contributed by atoms with Crippen LogP contribution in [0.4, 0.5) is 0 Å². The summed E-state index contributed by atoms with van der Waals surface area (Å²) in [5, 5.41) is 10.6. The van der Waals surface area contributed by atoms with E-state index in [1.54, 1.807) is 0 Å². The van der Waals surface area contributed by atoms with Gasteiger partial charge < -0.3 is 33.8 Å². The summed E-state index contributed by atoms with van der Waals surface area (Å²) in [4.78, 5) is 72.3. The Bertz CT molecular complexity index is 1720. The molecule has 19 heteroatoms. The van der Waals surface area contributed by atoms with E-state index >= 15 is 0 Å². The highest BCUT2D eigenvalue weighted by Gasteiger charge is 2.30. The standard InChI is InChI=1S/C67H130O17P2/c1-9-59(7)45-37-29-22-25-31-39-47-64(69)77-53-62(83-66(71)49-41-33-20-18-16-14-12-11-13-15-17-19-27-35-43-57(3)4)55-81-85(73,74)79-51-61(68)52-80-86(75,76)82-56-63(84-67(72)50-42-34-24-21-28-36-44-58(5)6)54-78-65(70)48-40-32-26-23-30-38-46-60(8)10-2/h57-63,68H,9-56H2,1-8H3,(H,73,74)(H,75,76)/t59?,60?,61-,62+,63+/m0/s1. The molecule has 7 atom stereocenters. The summed E-state index contributed by atoms with van der Waals surface area (Å²) in [6, 6.07) is 0. The van der Waals surface area contributed by atoms with Crippen LogP contribution < -0.4 is 0 Å². The van der Waals surface area contributed by atoms with Crippen molar-refractivity contribution in [2.75, 3.05) is 39.6 Å². The maximum absolute atomic E-state index is 13.0. The Morgan fingerprint density at radius 1 is 0.326 bits per heavy atom. The van der Waals surface area contributed by atoms with Crippen LogP contribution >= 0.6 is 15.6 Å². The quantitative estimate of drug-likeness (QED) is 0.0222. The van der Waals surface area contributed by atoms with Crippen molar-refractivity contribution in [1.82, 2.24) is 0 Å². The number of esters is 4. The third-order valence-corrected chi connectivity index (χ3v) is 17.9. The lowest BCUT2D eigenvalue weighted by Gasteiger charge is -2.21. The number of aliphatic hydroxyl groups is 1. The Labute approximate surface area is 524 Å². The second-order valence-electron chi connectivity index (χ2n) is 25.6. The molecular formula is C67H130O17P2. The summed E-state index contributed by atoms with van der Waals surface area (Å²) in [6.07, 6.45) is 37.8. The molecule has 4 unspecified atom stereocenters. The summed E-state index contributed by atoms with van der Waals surface area (Å²) in [5.41, 5.74) is 0. The van der Waals surface area contributed by atoms with Gasteiger partial charge in [0.25, 0.3) is 0 Å². The fraction of sp³-hybridized carbons (Fsp3) is 0.940. The van der Waals surface area contributed by atoms with Gasteiger partial charge in [0, 0.05) is 25.7 Å². The first-order valence-electron chi connectivity index (χ1n) is 34.8. The van der Waals surface area contributed by atoms with Gasteiger partial charge in [-0.15, -0.1) is 0 Å². The lowest BCUT2D eigenvalue weighted by molar-refractivity contribution is -0.161. The molecule has 0 amide bonds. The van der Waals surface area contributed by atoms with Gasteiger partial charge in [-0.05, 0) is 49.4 Å². The number of phosphoric acid groups is 2. The molecule has 0 aliphatic rings. The highest BCUT2D eigenvalue weighted by atomic mass is 31.2. The largest absolute Gasteiger partial charge is 0.472 e. The van der Waals surface area contributed by atoms with Crippen LogP contribution in [0.2, 0.25) is 0 Å². The first-order chi connectivity index (χ1) is 41.2. The number of hydrogen-bond acceptors (Lipinski definition) is 15. The average Bonchev–Trinajstić information content (AvgIpc) is 3.69. The SMILES string of the molecule is CCC(C)CCCCCCCCC(=O)OC[C@H](COP(=O)(O)OC[C@H](O)COP(=O)(O)OC[C@@H](COC(=O)CCCCCCCCC(C)CC)OC(=O)CCCCCCCCC(C)C)OC(=O)CCCCCCCCCCCCCCCCC(C)C. The van der Waals surface area contributed by atoms with Crippen molar-refractivity contribution in [2.45, 2.75) is 343 Å². The van der Waals surface area contributed by atoms with Crippen LogP contribution in [-0.2, 0) is 65.4 Å². The summed E-state index contributed by atoms with van der Waals surface area (Å²) >= 11 is 0. The number of aliphatic hydroxyl groups excluding tert-OH is 1. The molecule has 0 spiro atoms. The van der Waals surface area contributed by atoms with Crippen LogP contribution in [0, 0.1) is 23.7 Å². The number of rotatable bonds is 64. The molecule has 0 heterocycles. The van der Waals surface area contributed by atoms with Crippen LogP contribution in [0.3, 0.4) is 0 Å². The third-order valence-electron chi connectivity index (χ3n) is 16.0. The van der Waals surface area contributed by atoms with Crippen LogP contribution in [-0.4, -0.2) is 96.7 Å². The highest BCUT2D eigenvalue weighted by Crippen LogP contribution is 2.45. The van der Waals surface area contributed by atoms with Gasteiger partial charge in [0.1, 0.15) is 19.3 Å². The lowest BCUT2D eigenvalue weighted by atomic mass is 10.00. The number of carbonyl (C=O) groups excluding carboxylic acids is 4. The second kappa shape index (κ2) is 57.0. The maximum atomic E-state index is 13.0. The lowest BCUT2D eigenvalue weighted by Crippen LogP contribution is -2.30. The van der Waals surface area contributed by atoms with Gasteiger partial charge in [-0.25, -0.2) is 9.13 Å². The maximum Gasteiger partial charge on any atom is 0.472 e. The zero-order chi connectivity index (χ0) is 63.9. The number of ether oxygens (including phenoxy) is 4. The van der Waals surface area contributed by atoms with E-state index in [2.05, 4.69) is 55.4 Å². The molecule has 0 aromatic rings. The Morgan fingerprint density at radius 3 is 0.826 bits per heavy atom. The molecule has 0 bridgehead atoms. The van der Waals surface area contributed by atoms with Crippen LogP contribution in [0.1, 0.15) is 325 Å². The van der Waals surface area contributed by atoms with Crippen molar-refractivity contribution in [2.24, 2.45) is 23.7 Å². The normalized spacial score (nSPS) is 15.0. The smallest absolute Gasteiger partial charge is 0.462 e. The topological polar surface area (TPSA) is 237 Å². The third kappa shape index (κ3) is 58.4. The fourth-order valence-electron chi connectivity index (χ4n) is 9.89. The van der Waals surface area contributed by atoms with Gasteiger partial charge in [0.05, 0.1) is 26.4 Å². The zero-order valence-electron chi connectivity index (χ0n) is 55.9. The Kier molecular flexibility index (Phi) is 55.7. The molecule has 0 aromatic carbocycles. The molecular weight excluding hydrogens is 1140 g/mol. The van der Waals surface area contributed by atoms with Crippen molar-refractivity contribution in [3.8, 4) is 0 Å². The number of phosphoric ester groups is 2.